The minimum atomic E-state index is 0.313. The van der Waals surface area contributed by atoms with Crippen molar-refractivity contribution in [1.29, 1.82) is 0 Å². The Morgan fingerprint density at radius 3 is 2.41 bits per heavy atom. The number of Topliss-reactive ketones (excluding diaryl/α,β-unsaturated/α-hetero) is 1. The summed E-state index contributed by atoms with van der Waals surface area (Å²) in [5.74, 6) is 1.27. The van der Waals surface area contributed by atoms with Crippen LogP contribution in [0.3, 0.4) is 0 Å². The third-order valence-corrected chi connectivity index (χ3v) is 4.51. The number of carbonyl (C=O) groups excluding carboxylic acids is 1. The first-order valence-corrected chi connectivity index (χ1v) is 6.95. The molecule has 0 saturated heterocycles. The second-order valence-electron chi connectivity index (χ2n) is 5.59. The lowest BCUT2D eigenvalue weighted by Gasteiger charge is -2.25. The summed E-state index contributed by atoms with van der Waals surface area (Å²) in [6.45, 7) is 0. The monoisotopic (exact) mass is 228 g/mol. The second kappa shape index (κ2) is 4.64. The topological polar surface area (TPSA) is 17.1 Å². The molecule has 2 aliphatic rings. The number of aryl methyl sites for hydroxylation is 1. The molecule has 0 heterocycles. The maximum Gasteiger partial charge on any atom is 0.139 e. The fourth-order valence-corrected chi connectivity index (χ4v) is 3.48. The molecule has 1 aromatic rings. The molecule has 1 fully saturated rings. The van der Waals surface area contributed by atoms with Crippen LogP contribution in [-0.2, 0) is 17.6 Å². The van der Waals surface area contributed by atoms with E-state index in [1.165, 1.54) is 24.0 Å². The summed E-state index contributed by atoms with van der Waals surface area (Å²) in [7, 11) is 0. The van der Waals surface area contributed by atoms with Crippen molar-refractivity contribution in [1.82, 2.24) is 0 Å². The summed E-state index contributed by atoms with van der Waals surface area (Å²) in [6, 6.07) is 8.62. The zero-order chi connectivity index (χ0) is 11.7. The van der Waals surface area contributed by atoms with Crippen LogP contribution in [0, 0.1) is 11.8 Å². The molecule has 1 unspecified atom stereocenters. The van der Waals surface area contributed by atoms with Crippen LogP contribution in [0.15, 0.2) is 24.3 Å². The summed E-state index contributed by atoms with van der Waals surface area (Å²) in [4.78, 5) is 12.4. The summed E-state index contributed by atoms with van der Waals surface area (Å²) in [5, 5.41) is 0. The molecule has 1 heteroatoms. The summed E-state index contributed by atoms with van der Waals surface area (Å²) < 4.78 is 0. The van der Waals surface area contributed by atoms with Crippen LogP contribution in [0.4, 0.5) is 0 Å². The standard InChI is InChI=1S/C16H20O/c17-16(13-6-2-3-7-13)15-10-9-12-5-1-4-8-14(12)11-15/h1,4-5,8,13,15H,2-3,6-7,9-11H2. The number of fused-ring (bicyclic) bond motifs is 1. The summed E-state index contributed by atoms with van der Waals surface area (Å²) in [6.07, 6.45) is 7.99. The van der Waals surface area contributed by atoms with Gasteiger partial charge in [0.25, 0.3) is 0 Å². The van der Waals surface area contributed by atoms with Gasteiger partial charge in [-0.1, -0.05) is 37.1 Å². The third-order valence-electron chi connectivity index (χ3n) is 4.51. The van der Waals surface area contributed by atoms with Crippen molar-refractivity contribution >= 4 is 5.78 Å². The van der Waals surface area contributed by atoms with Crippen molar-refractivity contribution in [3.63, 3.8) is 0 Å². The Balaban J connectivity index is 1.73. The van der Waals surface area contributed by atoms with E-state index >= 15 is 0 Å². The van der Waals surface area contributed by atoms with Gasteiger partial charge in [-0.15, -0.1) is 0 Å². The maximum absolute atomic E-state index is 12.4. The molecule has 0 N–H and O–H groups in total. The molecule has 1 atom stereocenters. The van der Waals surface area contributed by atoms with E-state index in [0.717, 1.165) is 32.1 Å². The van der Waals surface area contributed by atoms with Gasteiger partial charge >= 0.3 is 0 Å². The fourth-order valence-electron chi connectivity index (χ4n) is 3.48. The van der Waals surface area contributed by atoms with E-state index in [4.69, 9.17) is 0 Å². The SMILES string of the molecule is O=C(C1CCCC1)C1CCc2ccccc2C1. The van der Waals surface area contributed by atoms with Crippen LogP contribution in [0.1, 0.15) is 43.2 Å². The van der Waals surface area contributed by atoms with Crippen molar-refractivity contribution in [2.75, 3.05) is 0 Å². The van der Waals surface area contributed by atoms with E-state index in [1.54, 1.807) is 0 Å². The van der Waals surface area contributed by atoms with E-state index in [2.05, 4.69) is 24.3 Å². The van der Waals surface area contributed by atoms with Crippen molar-refractivity contribution in [2.24, 2.45) is 11.8 Å². The molecular formula is C16H20O. The predicted octanol–water partition coefficient (Wildman–Crippen LogP) is 3.55. The molecule has 1 nitrogen and oxygen atoms in total. The number of carbonyl (C=O) groups is 1. The largest absolute Gasteiger partial charge is 0.299 e. The third kappa shape index (κ3) is 2.15. The highest BCUT2D eigenvalue weighted by molar-refractivity contribution is 5.84. The van der Waals surface area contributed by atoms with Crippen LogP contribution in [0.2, 0.25) is 0 Å². The average molecular weight is 228 g/mol. The van der Waals surface area contributed by atoms with Crippen LogP contribution in [0.5, 0.6) is 0 Å². The van der Waals surface area contributed by atoms with E-state index in [0.29, 0.717) is 17.6 Å². The molecule has 1 saturated carbocycles. The van der Waals surface area contributed by atoms with Gasteiger partial charge in [0.15, 0.2) is 0 Å². The van der Waals surface area contributed by atoms with E-state index in [-0.39, 0.29) is 0 Å². The molecule has 2 aliphatic carbocycles. The summed E-state index contributed by atoms with van der Waals surface area (Å²) in [5.41, 5.74) is 2.87. The normalized spacial score (nSPS) is 24.6. The number of benzene rings is 1. The van der Waals surface area contributed by atoms with Crippen molar-refractivity contribution in [3.05, 3.63) is 35.4 Å². The number of hydrogen-bond donors (Lipinski definition) is 0. The van der Waals surface area contributed by atoms with Gasteiger partial charge < -0.3 is 0 Å². The molecule has 1 aromatic carbocycles. The average Bonchev–Trinajstić information content (AvgIpc) is 2.91. The van der Waals surface area contributed by atoms with Crippen molar-refractivity contribution < 1.29 is 4.79 Å². The molecule has 17 heavy (non-hydrogen) atoms. The number of ketones is 1. The van der Waals surface area contributed by atoms with Crippen LogP contribution in [0.25, 0.3) is 0 Å². The molecule has 0 aromatic heterocycles. The Morgan fingerprint density at radius 1 is 0.941 bits per heavy atom. The highest BCUT2D eigenvalue weighted by Crippen LogP contribution is 2.33. The lowest BCUT2D eigenvalue weighted by molar-refractivity contribution is -0.127. The zero-order valence-electron chi connectivity index (χ0n) is 10.3. The van der Waals surface area contributed by atoms with Gasteiger partial charge in [0.2, 0.25) is 0 Å². The highest BCUT2D eigenvalue weighted by atomic mass is 16.1. The lowest BCUT2D eigenvalue weighted by Crippen LogP contribution is -2.27. The second-order valence-corrected chi connectivity index (χ2v) is 5.59. The minimum absolute atomic E-state index is 0.313. The molecular weight excluding hydrogens is 208 g/mol. The Morgan fingerprint density at radius 2 is 1.65 bits per heavy atom. The summed E-state index contributed by atoms with van der Waals surface area (Å²) >= 11 is 0. The van der Waals surface area contributed by atoms with Crippen molar-refractivity contribution in [2.45, 2.75) is 44.9 Å². The number of rotatable bonds is 2. The quantitative estimate of drug-likeness (QED) is 0.756. The maximum atomic E-state index is 12.4. The van der Waals surface area contributed by atoms with Gasteiger partial charge in [-0.2, -0.15) is 0 Å². The van der Waals surface area contributed by atoms with Gasteiger partial charge in [0, 0.05) is 11.8 Å². The van der Waals surface area contributed by atoms with Crippen LogP contribution in [-0.4, -0.2) is 5.78 Å². The van der Waals surface area contributed by atoms with Gasteiger partial charge in [0.05, 0.1) is 0 Å². The first kappa shape index (κ1) is 11.0. The minimum Gasteiger partial charge on any atom is -0.299 e. The lowest BCUT2D eigenvalue weighted by atomic mass is 9.78. The molecule has 0 amide bonds. The Labute approximate surface area is 103 Å². The van der Waals surface area contributed by atoms with Gasteiger partial charge in [-0.25, -0.2) is 0 Å². The Kier molecular flexibility index (Phi) is 3.00. The Hall–Kier alpha value is -1.11. The fraction of sp³-hybridized carbons (Fsp3) is 0.562. The highest BCUT2D eigenvalue weighted by Gasteiger charge is 2.31. The van der Waals surface area contributed by atoms with Crippen LogP contribution < -0.4 is 0 Å². The van der Waals surface area contributed by atoms with E-state index in [9.17, 15) is 4.79 Å². The molecule has 0 aliphatic heterocycles. The molecule has 3 rings (SSSR count). The van der Waals surface area contributed by atoms with Crippen molar-refractivity contribution in [3.8, 4) is 0 Å². The van der Waals surface area contributed by atoms with Gasteiger partial charge in [0.1, 0.15) is 5.78 Å². The smallest absolute Gasteiger partial charge is 0.139 e. The van der Waals surface area contributed by atoms with E-state index < -0.39 is 0 Å². The predicted molar refractivity (Wildman–Crippen MR) is 68.9 cm³/mol. The van der Waals surface area contributed by atoms with Gasteiger partial charge in [-0.05, 0) is 43.2 Å². The molecule has 90 valence electrons. The first-order chi connectivity index (χ1) is 8.34. The van der Waals surface area contributed by atoms with Crippen LogP contribution >= 0.6 is 0 Å². The Bertz CT molecular complexity index is 415. The first-order valence-electron chi connectivity index (χ1n) is 6.95. The zero-order valence-corrected chi connectivity index (χ0v) is 10.3. The number of hydrogen-bond acceptors (Lipinski definition) is 1. The molecule has 0 spiro atoms. The molecule has 0 radical (unpaired) electrons. The van der Waals surface area contributed by atoms with Gasteiger partial charge in [-0.3, -0.25) is 4.79 Å². The molecule has 0 bridgehead atoms. The van der Waals surface area contributed by atoms with E-state index in [1.807, 2.05) is 0 Å².